The summed E-state index contributed by atoms with van der Waals surface area (Å²) in [6.07, 6.45) is 0. The Morgan fingerprint density at radius 1 is 1.08 bits per heavy atom. The molecule has 1 aromatic heterocycles. The third-order valence-corrected chi connectivity index (χ3v) is 4.47. The SMILES string of the molecule is COc1ccc(Nc2nc3cc(OC)c(OC)cc3s2)c([N+](=O)[O-])c1. The predicted molar refractivity (Wildman–Crippen MR) is 95.7 cm³/mol. The number of hydrogen-bond acceptors (Lipinski definition) is 8. The molecule has 0 radical (unpaired) electrons. The van der Waals surface area contributed by atoms with Crippen LogP contribution in [-0.4, -0.2) is 31.2 Å². The fourth-order valence-corrected chi connectivity index (χ4v) is 3.21. The highest BCUT2D eigenvalue weighted by molar-refractivity contribution is 7.22. The molecule has 25 heavy (non-hydrogen) atoms. The Labute approximate surface area is 147 Å². The lowest BCUT2D eigenvalue weighted by Crippen LogP contribution is -1.97. The first-order valence-corrected chi connectivity index (χ1v) is 7.99. The molecular weight excluding hydrogens is 346 g/mol. The van der Waals surface area contributed by atoms with E-state index in [9.17, 15) is 10.1 Å². The lowest BCUT2D eigenvalue weighted by molar-refractivity contribution is -0.384. The molecule has 0 spiro atoms. The van der Waals surface area contributed by atoms with Crippen LogP contribution in [0.4, 0.5) is 16.5 Å². The van der Waals surface area contributed by atoms with Gasteiger partial charge in [0.25, 0.3) is 5.69 Å². The second-order valence-corrected chi connectivity index (χ2v) is 5.99. The van der Waals surface area contributed by atoms with Crippen molar-refractivity contribution < 1.29 is 19.1 Å². The second-order valence-electron chi connectivity index (χ2n) is 4.96. The summed E-state index contributed by atoms with van der Waals surface area (Å²) in [4.78, 5) is 15.3. The van der Waals surface area contributed by atoms with Gasteiger partial charge in [0, 0.05) is 12.1 Å². The molecule has 2 aromatic carbocycles. The monoisotopic (exact) mass is 361 g/mol. The summed E-state index contributed by atoms with van der Waals surface area (Å²) in [7, 11) is 4.57. The quantitative estimate of drug-likeness (QED) is 0.524. The number of nitro groups is 1. The molecule has 3 aromatic rings. The van der Waals surface area contributed by atoms with Gasteiger partial charge in [-0.25, -0.2) is 4.98 Å². The summed E-state index contributed by atoms with van der Waals surface area (Å²) < 4.78 is 16.5. The second kappa shape index (κ2) is 6.81. The third-order valence-electron chi connectivity index (χ3n) is 3.54. The zero-order valence-corrected chi connectivity index (χ0v) is 14.5. The van der Waals surface area contributed by atoms with Crippen LogP contribution in [0.5, 0.6) is 17.2 Å². The number of aromatic nitrogens is 1. The highest BCUT2D eigenvalue weighted by Gasteiger charge is 2.17. The molecule has 9 heteroatoms. The van der Waals surface area contributed by atoms with E-state index in [4.69, 9.17) is 14.2 Å². The third kappa shape index (κ3) is 3.26. The van der Waals surface area contributed by atoms with Crippen LogP contribution in [0.3, 0.4) is 0 Å². The Hall–Kier alpha value is -3.07. The molecule has 0 atom stereocenters. The number of benzene rings is 2. The van der Waals surface area contributed by atoms with Crippen LogP contribution in [-0.2, 0) is 0 Å². The van der Waals surface area contributed by atoms with Crippen LogP contribution < -0.4 is 19.5 Å². The maximum atomic E-state index is 11.3. The van der Waals surface area contributed by atoms with Gasteiger partial charge in [0.05, 0.1) is 42.5 Å². The van der Waals surface area contributed by atoms with Crippen LogP contribution in [0.1, 0.15) is 0 Å². The van der Waals surface area contributed by atoms with Gasteiger partial charge in [0.2, 0.25) is 0 Å². The normalized spacial score (nSPS) is 10.5. The highest BCUT2D eigenvalue weighted by Crippen LogP contribution is 2.38. The Kier molecular flexibility index (Phi) is 4.57. The van der Waals surface area contributed by atoms with Gasteiger partial charge in [0.1, 0.15) is 11.4 Å². The van der Waals surface area contributed by atoms with E-state index >= 15 is 0 Å². The molecule has 0 aliphatic carbocycles. The van der Waals surface area contributed by atoms with E-state index in [1.54, 1.807) is 32.4 Å². The average Bonchev–Trinajstić information content (AvgIpc) is 3.01. The van der Waals surface area contributed by atoms with Crippen LogP contribution in [0.25, 0.3) is 10.2 Å². The van der Waals surface area contributed by atoms with Crippen molar-refractivity contribution in [3.05, 3.63) is 40.4 Å². The number of nitrogens with one attached hydrogen (secondary N) is 1. The molecule has 1 heterocycles. The molecule has 0 aliphatic heterocycles. The summed E-state index contributed by atoms with van der Waals surface area (Å²) in [6.45, 7) is 0. The summed E-state index contributed by atoms with van der Waals surface area (Å²) in [5, 5.41) is 14.8. The first-order valence-electron chi connectivity index (χ1n) is 7.17. The first-order chi connectivity index (χ1) is 12.0. The van der Waals surface area contributed by atoms with Crippen molar-refractivity contribution in [2.24, 2.45) is 0 Å². The number of nitro benzene ring substituents is 1. The minimum Gasteiger partial charge on any atom is -0.496 e. The predicted octanol–water partition coefficient (Wildman–Crippen LogP) is 3.97. The lowest BCUT2D eigenvalue weighted by Gasteiger charge is -2.05. The number of methoxy groups -OCH3 is 3. The standard InChI is InChI=1S/C16H15N3O5S/c1-22-9-4-5-10(12(6-9)19(20)21)17-16-18-11-7-13(23-2)14(24-3)8-15(11)25-16/h4-8H,1-3H3,(H,17,18). The van der Waals surface area contributed by atoms with Gasteiger partial charge >= 0.3 is 0 Å². The van der Waals surface area contributed by atoms with Crippen LogP contribution in [0.2, 0.25) is 0 Å². The van der Waals surface area contributed by atoms with Crippen molar-refractivity contribution in [1.29, 1.82) is 0 Å². The summed E-state index contributed by atoms with van der Waals surface area (Å²) >= 11 is 1.36. The van der Waals surface area contributed by atoms with Crippen molar-refractivity contribution in [3.63, 3.8) is 0 Å². The number of nitrogens with zero attached hydrogens (tertiary/aromatic N) is 2. The number of ether oxygens (including phenoxy) is 3. The smallest absolute Gasteiger partial charge is 0.296 e. The number of hydrogen-bond donors (Lipinski definition) is 1. The Morgan fingerprint density at radius 2 is 1.80 bits per heavy atom. The van der Waals surface area contributed by atoms with E-state index in [-0.39, 0.29) is 5.69 Å². The number of fused-ring (bicyclic) bond motifs is 1. The van der Waals surface area contributed by atoms with Crippen molar-refractivity contribution in [2.45, 2.75) is 0 Å². The van der Waals surface area contributed by atoms with Crippen molar-refractivity contribution in [1.82, 2.24) is 4.98 Å². The zero-order chi connectivity index (χ0) is 18.0. The summed E-state index contributed by atoms with van der Waals surface area (Å²) in [5.74, 6) is 1.58. The van der Waals surface area contributed by atoms with Crippen molar-refractivity contribution >= 4 is 38.1 Å². The van der Waals surface area contributed by atoms with Gasteiger partial charge in [-0.3, -0.25) is 10.1 Å². The molecule has 0 unspecified atom stereocenters. The Morgan fingerprint density at radius 3 is 2.44 bits per heavy atom. The topological polar surface area (TPSA) is 95.8 Å². The minimum absolute atomic E-state index is 0.0891. The van der Waals surface area contributed by atoms with Gasteiger partial charge in [-0.05, 0) is 12.1 Å². The molecule has 130 valence electrons. The fourth-order valence-electron chi connectivity index (χ4n) is 2.32. The molecule has 1 N–H and O–H groups in total. The lowest BCUT2D eigenvalue weighted by atomic mass is 10.2. The minimum atomic E-state index is -0.468. The van der Waals surface area contributed by atoms with E-state index < -0.39 is 4.92 Å². The molecular formula is C16H15N3O5S. The van der Waals surface area contributed by atoms with E-state index in [2.05, 4.69) is 10.3 Å². The zero-order valence-electron chi connectivity index (χ0n) is 13.7. The Balaban J connectivity index is 1.99. The number of thiazole rings is 1. The fraction of sp³-hybridized carbons (Fsp3) is 0.188. The van der Waals surface area contributed by atoms with E-state index in [1.165, 1.54) is 24.5 Å². The molecule has 0 saturated heterocycles. The summed E-state index contributed by atoms with van der Waals surface area (Å²) in [6, 6.07) is 8.18. The highest BCUT2D eigenvalue weighted by atomic mass is 32.1. The van der Waals surface area contributed by atoms with Crippen molar-refractivity contribution in [2.75, 3.05) is 26.6 Å². The van der Waals surface area contributed by atoms with Crippen LogP contribution >= 0.6 is 11.3 Å². The van der Waals surface area contributed by atoms with Gasteiger partial charge in [-0.2, -0.15) is 0 Å². The molecule has 0 saturated carbocycles. The average molecular weight is 361 g/mol. The molecule has 0 aliphatic rings. The first kappa shape index (κ1) is 16.8. The van der Waals surface area contributed by atoms with Gasteiger partial charge in [-0.1, -0.05) is 11.3 Å². The van der Waals surface area contributed by atoms with E-state index in [0.29, 0.717) is 33.6 Å². The van der Waals surface area contributed by atoms with E-state index in [0.717, 1.165) is 4.70 Å². The molecule has 3 rings (SSSR count). The molecule has 8 nitrogen and oxygen atoms in total. The number of anilines is 2. The van der Waals surface area contributed by atoms with Crippen LogP contribution in [0.15, 0.2) is 30.3 Å². The van der Waals surface area contributed by atoms with Gasteiger partial charge in [-0.15, -0.1) is 0 Å². The Bertz CT molecular complexity index is 900. The van der Waals surface area contributed by atoms with Crippen LogP contribution in [0, 0.1) is 10.1 Å². The molecule has 0 bridgehead atoms. The van der Waals surface area contributed by atoms with E-state index in [1.807, 2.05) is 6.07 Å². The van der Waals surface area contributed by atoms with Gasteiger partial charge in [0.15, 0.2) is 16.6 Å². The summed E-state index contributed by atoms with van der Waals surface area (Å²) in [5.41, 5.74) is 0.957. The number of rotatable bonds is 6. The maximum Gasteiger partial charge on any atom is 0.296 e. The molecule has 0 fully saturated rings. The largest absolute Gasteiger partial charge is 0.496 e. The maximum absolute atomic E-state index is 11.3. The molecule has 0 amide bonds. The van der Waals surface area contributed by atoms with Crippen molar-refractivity contribution in [3.8, 4) is 17.2 Å². The van der Waals surface area contributed by atoms with Gasteiger partial charge < -0.3 is 19.5 Å².